The number of nitrogens with zero attached hydrogens (tertiary/aromatic N) is 2. The molecule has 7 nitrogen and oxygen atoms in total. The summed E-state index contributed by atoms with van der Waals surface area (Å²) in [6, 6.07) is 4.38. The van der Waals surface area contributed by atoms with Gasteiger partial charge in [0.25, 0.3) is 5.91 Å². The lowest BCUT2D eigenvalue weighted by Crippen LogP contribution is -2.51. The molecular weight excluding hydrogens is 429 g/mol. The number of hydrogen-bond acceptors (Lipinski definition) is 6. The molecule has 1 aromatic carbocycles. The van der Waals surface area contributed by atoms with Crippen molar-refractivity contribution >= 4 is 5.91 Å². The molecule has 1 heterocycles. The van der Waals surface area contributed by atoms with Gasteiger partial charge in [-0.25, -0.2) is 0 Å². The fourth-order valence-corrected chi connectivity index (χ4v) is 3.43. The second-order valence-corrected chi connectivity index (χ2v) is 7.55. The van der Waals surface area contributed by atoms with Crippen molar-refractivity contribution in [3.8, 4) is 0 Å². The third-order valence-corrected chi connectivity index (χ3v) is 4.95. The molecule has 0 unspecified atom stereocenters. The van der Waals surface area contributed by atoms with Crippen LogP contribution in [-0.2, 0) is 20.4 Å². The molecule has 1 amide bonds. The number of β-amino-alcohol motifs (C(OH)–C–C–N with tert-alkyl or cyclic N) is 1. The molecule has 0 spiro atoms. The van der Waals surface area contributed by atoms with Crippen LogP contribution < -0.4 is 0 Å². The number of carbonyl (C=O) groups excluding carboxylic acids is 1. The number of ether oxygens (including phenoxy) is 3. The first-order valence-electron chi connectivity index (χ1n) is 10.4. The normalized spacial score (nSPS) is 18.3. The van der Waals surface area contributed by atoms with Crippen LogP contribution in [0.1, 0.15) is 15.9 Å². The number of rotatable bonds is 12. The second kappa shape index (κ2) is 12.9. The number of aliphatic hydroxyl groups is 1. The van der Waals surface area contributed by atoms with E-state index >= 15 is 0 Å². The van der Waals surface area contributed by atoms with Crippen molar-refractivity contribution in [2.24, 2.45) is 0 Å². The van der Waals surface area contributed by atoms with Crippen molar-refractivity contribution in [3.63, 3.8) is 0 Å². The number of hydrogen-bond donors (Lipinski definition) is 1. The van der Waals surface area contributed by atoms with Gasteiger partial charge in [-0.3, -0.25) is 9.69 Å². The van der Waals surface area contributed by atoms with E-state index in [1.165, 1.54) is 24.1 Å². The van der Waals surface area contributed by atoms with Gasteiger partial charge in [0.2, 0.25) is 0 Å². The van der Waals surface area contributed by atoms with Crippen molar-refractivity contribution in [2.75, 3.05) is 66.3 Å². The van der Waals surface area contributed by atoms with E-state index in [2.05, 4.69) is 6.58 Å². The van der Waals surface area contributed by atoms with Gasteiger partial charge in [0.05, 0.1) is 44.2 Å². The van der Waals surface area contributed by atoms with Crippen LogP contribution in [0.15, 0.2) is 36.9 Å². The predicted molar refractivity (Wildman–Crippen MR) is 112 cm³/mol. The molecule has 32 heavy (non-hydrogen) atoms. The Labute approximate surface area is 186 Å². The molecule has 1 fully saturated rings. The average Bonchev–Trinajstić information content (AvgIpc) is 2.76. The number of benzene rings is 1. The first-order chi connectivity index (χ1) is 15.2. The summed E-state index contributed by atoms with van der Waals surface area (Å²) in [5, 5.41) is 10.1. The van der Waals surface area contributed by atoms with Gasteiger partial charge in [-0.1, -0.05) is 12.1 Å². The standard InChI is InChI=1S/C22H31F3N2O5/c1-3-9-31-16-19(28)13-26-7-11-32-20(14-26)15-27(8-10-30-2)21(29)17-5-4-6-18(12-17)22(23,24)25/h3-6,12,19-20,28H,1,7-11,13-16H2,2H3/t19-,20+/m1/s1. The first kappa shape index (κ1) is 26.3. The van der Waals surface area contributed by atoms with E-state index in [0.717, 1.165) is 12.1 Å². The lowest BCUT2D eigenvalue weighted by molar-refractivity contribution is -0.137. The zero-order valence-electron chi connectivity index (χ0n) is 18.2. The maximum Gasteiger partial charge on any atom is 0.416 e. The van der Waals surface area contributed by atoms with Crippen molar-refractivity contribution in [1.29, 1.82) is 0 Å². The summed E-state index contributed by atoms with van der Waals surface area (Å²) in [6.45, 7) is 6.63. The van der Waals surface area contributed by atoms with Crippen LogP contribution >= 0.6 is 0 Å². The molecule has 0 aromatic heterocycles. The maximum absolute atomic E-state index is 13.0. The highest BCUT2D eigenvalue weighted by Crippen LogP contribution is 2.29. The SMILES string of the molecule is C=CCOC[C@H](O)CN1CCO[C@H](CN(CCOC)C(=O)c2cccc(C(F)(F)F)c2)C1. The number of aliphatic hydroxyl groups excluding tert-OH is 1. The Hall–Kier alpha value is -1.98. The molecule has 0 bridgehead atoms. The monoisotopic (exact) mass is 460 g/mol. The number of methoxy groups -OCH3 is 1. The summed E-state index contributed by atoms with van der Waals surface area (Å²) < 4.78 is 55.3. The third-order valence-electron chi connectivity index (χ3n) is 4.95. The summed E-state index contributed by atoms with van der Waals surface area (Å²) >= 11 is 0. The van der Waals surface area contributed by atoms with Crippen molar-refractivity contribution in [1.82, 2.24) is 9.80 Å². The molecular formula is C22H31F3N2O5. The van der Waals surface area contributed by atoms with Gasteiger partial charge in [0, 0.05) is 45.4 Å². The lowest BCUT2D eigenvalue weighted by Gasteiger charge is -2.36. The van der Waals surface area contributed by atoms with E-state index in [1.807, 2.05) is 4.90 Å². The Morgan fingerprint density at radius 3 is 2.94 bits per heavy atom. The Balaban J connectivity index is 2.02. The summed E-state index contributed by atoms with van der Waals surface area (Å²) in [5.41, 5.74) is -0.916. The zero-order valence-corrected chi connectivity index (χ0v) is 18.2. The van der Waals surface area contributed by atoms with Gasteiger partial charge in [-0.2, -0.15) is 13.2 Å². The topological polar surface area (TPSA) is 71.5 Å². The summed E-state index contributed by atoms with van der Waals surface area (Å²) in [7, 11) is 1.49. The highest BCUT2D eigenvalue weighted by Gasteiger charge is 2.32. The van der Waals surface area contributed by atoms with Crippen molar-refractivity contribution in [2.45, 2.75) is 18.4 Å². The third kappa shape index (κ3) is 8.51. The van der Waals surface area contributed by atoms with E-state index in [4.69, 9.17) is 14.2 Å². The number of carbonyl (C=O) groups is 1. The van der Waals surface area contributed by atoms with Crippen molar-refractivity contribution in [3.05, 3.63) is 48.0 Å². The zero-order chi connectivity index (χ0) is 23.6. The number of halogens is 3. The first-order valence-corrected chi connectivity index (χ1v) is 10.4. The van der Waals surface area contributed by atoms with Gasteiger partial charge >= 0.3 is 6.18 Å². The fraction of sp³-hybridized carbons (Fsp3) is 0.591. The fourth-order valence-electron chi connectivity index (χ4n) is 3.43. The number of morpholine rings is 1. The molecule has 1 aliphatic heterocycles. The predicted octanol–water partition coefficient (Wildman–Crippen LogP) is 2.06. The van der Waals surface area contributed by atoms with E-state index < -0.39 is 23.8 Å². The van der Waals surface area contributed by atoms with E-state index in [-0.39, 0.29) is 38.0 Å². The smallest absolute Gasteiger partial charge is 0.389 e. The van der Waals surface area contributed by atoms with Crippen LogP contribution in [-0.4, -0.2) is 99.3 Å². The molecule has 2 atom stereocenters. The molecule has 2 rings (SSSR count). The quantitative estimate of drug-likeness (QED) is 0.380. The number of alkyl halides is 3. The Morgan fingerprint density at radius 1 is 1.47 bits per heavy atom. The highest BCUT2D eigenvalue weighted by atomic mass is 19.4. The minimum atomic E-state index is -4.53. The van der Waals surface area contributed by atoms with Crippen molar-refractivity contribution < 1.29 is 37.3 Å². The Bertz CT molecular complexity index is 732. The molecule has 1 N–H and O–H groups in total. The largest absolute Gasteiger partial charge is 0.416 e. The van der Waals surface area contributed by atoms with Crippen LogP contribution in [0.5, 0.6) is 0 Å². The molecule has 180 valence electrons. The molecule has 10 heteroatoms. The number of amides is 1. The van der Waals surface area contributed by atoms with Gasteiger partial charge in [-0.05, 0) is 18.2 Å². The van der Waals surface area contributed by atoms with Crippen LogP contribution in [0.4, 0.5) is 13.2 Å². The van der Waals surface area contributed by atoms with E-state index in [0.29, 0.717) is 32.8 Å². The minimum absolute atomic E-state index is 0.0432. The maximum atomic E-state index is 13.0. The molecule has 1 aliphatic rings. The minimum Gasteiger partial charge on any atom is -0.389 e. The van der Waals surface area contributed by atoms with Crippen LogP contribution in [0.25, 0.3) is 0 Å². The molecule has 0 radical (unpaired) electrons. The van der Waals surface area contributed by atoms with Crippen LogP contribution in [0.3, 0.4) is 0 Å². The average molecular weight is 460 g/mol. The Morgan fingerprint density at radius 2 is 2.25 bits per heavy atom. The summed E-state index contributed by atoms with van der Waals surface area (Å²) in [5.74, 6) is -0.522. The Kier molecular flexibility index (Phi) is 10.6. The molecule has 0 aliphatic carbocycles. The van der Waals surface area contributed by atoms with Gasteiger partial charge in [-0.15, -0.1) is 6.58 Å². The van der Waals surface area contributed by atoms with E-state index in [1.54, 1.807) is 6.08 Å². The lowest BCUT2D eigenvalue weighted by atomic mass is 10.1. The second-order valence-electron chi connectivity index (χ2n) is 7.55. The highest BCUT2D eigenvalue weighted by molar-refractivity contribution is 5.94. The van der Waals surface area contributed by atoms with Crippen LogP contribution in [0, 0.1) is 0 Å². The van der Waals surface area contributed by atoms with E-state index in [9.17, 15) is 23.1 Å². The molecule has 0 saturated carbocycles. The summed E-state index contributed by atoms with van der Waals surface area (Å²) in [4.78, 5) is 16.4. The van der Waals surface area contributed by atoms with Gasteiger partial charge in [0.1, 0.15) is 0 Å². The molecule has 1 aromatic rings. The molecule has 1 saturated heterocycles. The van der Waals surface area contributed by atoms with Gasteiger partial charge < -0.3 is 24.2 Å². The van der Waals surface area contributed by atoms with Crippen LogP contribution in [0.2, 0.25) is 0 Å². The van der Waals surface area contributed by atoms with Gasteiger partial charge in [0.15, 0.2) is 0 Å². The summed E-state index contributed by atoms with van der Waals surface area (Å²) in [6.07, 6.45) is -3.95.